The Bertz CT molecular complexity index is 348. The second-order valence-corrected chi connectivity index (χ2v) is 5.53. The first kappa shape index (κ1) is 12.3. The van der Waals surface area contributed by atoms with Gasteiger partial charge >= 0.3 is 0 Å². The lowest BCUT2D eigenvalue weighted by molar-refractivity contribution is 0.250. The molecule has 1 nitrogen and oxygen atoms in total. The van der Waals surface area contributed by atoms with E-state index in [1.807, 2.05) is 18.2 Å². The van der Waals surface area contributed by atoms with E-state index in [9.17, 15) is 0 Å². The Hall–Kier alpha value is -0.210. The molecule has 1 aromatic carbocycles. The summed E-state index contributed by atoms with van der Waals surface area (Å²) in [5.74, 6) is 2.18. The van der Waals surface area contributed by atoms with E-state index in [1.165, 1.54) is 25.7 Å². The van der Waals surface area contributed by atoms with Gasteiger partial charge in [-0.25, -0.2) is 0 Å². The Labute approximate surface area is 110 Å². The lowest BCUT2D eigenvalue weighted by Gasteiger charge is -2.14. The first-order valence-corrected chi connectivity index (χ1v) is 7.09. The molecule has 88 valence electrons. The number of alkyl halides is 1. The van der Waals surface area contributed by atoms with E-state index in [4.69, 9.17) is 16.3 Å². The molecule has 0 saturated heterocycles. The fourth-order valence-corrected chi connectivity index (χ4v) is 2.80. The maximum absolute atomic E-state index is 5.90. The molecule has 0 heterocycles. The van der Waals surface area contributed by atoms with Crippen LogP contribution in [0.5, 0.6) is 5.75 Å². The second kappa shape index (κ2) is 5.92. The van der Waals surface area contributed by atoms with Gasteiger partial charge in [-0.3, -0.25) is 0 Å². The highest BCUT2D eigenvalue weighted by atomic mass is 79.9. The number of halogens is 2. The van der Waals surface area contributed by atoms with Gasteiger partial charge in [0.25, 0.3) is 0 Å². The Morgan fingerprint density at radius 2 is 2.06 bits per heavy atom. The third-order valence-electron chi connectivity index (χ3n) is 3.12. The molecule has 1 aliphatic rings. The van der Waals surface area contributed by atoms with Gasteiger partial charge in [0.1, 0.15) is 5.75 Å². The standard InChI is InChI=1S/C13H16BrClO/c14-12-5-6-13(11(7-12)8-15)16-9-10-3-1-2-4-10/h5-7,10H,1-4,8-9H2. The minimum absolute atomic E-state index is 0.499. The van der Waals surface area contributed by atoms with E-state index in [-0.39, 0.29) is 0 Å². The van der Waals surface area contributed by atoms with Crippen LogP contribution in [0.1, 0.15) is 31.2 Å². The number of rotatable bonds is 4. The summed E-state index contributed by atoms with van der Waals surface area (Å²) >= 11 is 9.34. The fourth-order valence-electron chi connectivity index (χ4n) is 2.18. The zero-order valence-corrected chi connectivity index (χ0v) is 11.6. The third-order valence-corrected chi connectivity index (χ3v) is 3.90. The van der Waals surface area contributed by atoms with Crippen molar-refractivity contribution in [1.29, 1.82) is 0 Å². The van der Waals surface area contributed by atoms with Crippen molar-refractivity contribution in [3.8, 4) is 5.75 Å². The topological polar surface area (TPSA) is 9.23 Å². The maximum Gasteiger partial charge on any atom is 0.123 e. The number of benzene rings is 1. The fraction of sp³-hybridized carbons (Fsp3) is 0.538. The van der Waals surface area contributed by atoms with Gasteiger partial charge in [0.05, 0.1) is 12.5 Å². The maximum atomic E-state index is 5.90. The SMILES string of the molecule is ClCc1cc(Br)ccc1OCC1CCCC1. The summed E-state index contributed by atoms with van der Waals surface area (Å²) in [7, 11) is 0. The third kappa shape index (κ3) is 3.14. The van der Waals surface area contributed by atoms with Gasteiger partial charge in [-0.2, -0.15) is 0 Å². The minimum atomic E-state index is 0.499. The van der Waals surface area contributed by atoms with Crippen LogP contribution in [0.3, 0.4) is 0 Å². The van der Waals surface area contributed by atoms with Crippen LogP contribution in [0.2, 0.25) is 0 Å². The molecule has 0 N–H and O–H groups in total. The van der Waals surface area contributed by atoms with Gasteiger partial charge < -0.3 is 4.74 Å². The average molecular weight is 304 g/mol. The highest BCUT2D eigenvalue weighted by molar-refractivity contribution is 9.10. The van der Waals surface area contributed by atoms with Crippen LogP contribution >= 0.6 is 27.5 Å². The van der Waals surface area contributed by atoms with E-state index >= 15 is 0 Å². The average Bonchev–Trinajstić information content (AvgIpc) is 2.80. The molecule has 1 aliphatic carbocycles. The lowest BCUT2D eigenvalue weighted by atomic mass is 10.1. The quantitative estimate of drug-likeness (QED) is 0.729. The summed E-state index contributed by atoms with van der Waals surface area (Å²) in [6.07, 6.45) is 5.34. The van der Waals surface area contributed by atoms with Crippen LogP contribution in [-0.4, -0.2) is 6.61 Å². The first-order chi connectivity index (χ1) is 7.79. The van der Waals surface area contributed by atoms with Crippen LogP contribution in [-0.2, 0) is 5.88 Å². The molecular formula is C13H16BrClO. The van der Waals surface area contributed by atoms with Crippen LogP contribution in [0, 0.1) is 5.92 Å². The van der Waals surface area contributed by atoms with Crippen molar-refractivity contribution in [3.63, 3.8) is 0 Å². The van der Waals surface area contributed by atoms with Gasteiger partial charge in [0, 0.05) is 10.0 Å². The molecule has 2 rings (SSSR count). The summed E-state index contributed by atoms with van der Waals surface area (Å²) in [6.45, 7) is 0.839. The summed E-state index contributed by atoms with van der Waals surface area (Å²) in [5, 5.41) is 0. The van der Waals surface area contributed by atoms with E-state index < -0.39 is 0 Å². The van der Waals surface area contributed by atoms with Crippen molar-refractivity contribution in [1.82, 2.24) is 0 Å². The van der Waals surface area contributed by atoms with Crippen molar-refractivity contribution in [3.05, 3.63) is 28.2 Å². The predicted octanol–water partition coefficient (Wildman–Crippen LogP) is 4.76. The second-order valence-electron chi connectivity index (χ2n) is 4.35. The molecule has 16 heavy (non-hydrogen) atoms. The summed E-state index contributed by atoms with van der Waals surface area (Å²) in [5.41, 5.74) is 1.06. The number of hydrogen-bond donors (Lipinski definition) is 0. The summed E-state index contributed by atoms with van der Waals surface area (Å²) in [4.78, 5) is 0. The van der Waals surface area contributed by atoms with Crippen LogP contribution in [0.4, 0.5) is 0 Å². The van der Waals surface area contributed by atoms with Gasteiger partial charge in [-0.1, -0.05) is 28.8 Å². The highest BCUT2D eigenvalue weighted by Crippen LogP contribution is 2.28. The minimum Gasteiger partial charge on any atom is -0.493 e. The molecule has 0 amide bonds. The lowest BCUT2D eigenvalue weighted by Crippen LogP contribution is -2.08. The largest absolute Gasteiger partial charge is 0.493 e. The van der Waals surface area contributed by atoms with Crippen molar-refractivity contribution in [2.45, 2.75) is 31.6 Å². The molecule has 0 spiro atoms. The van der Waals surface area contributed by atoms with Crippen molar-refractivity contribution in [2.75, 3.05) is 6.61 Å². The van der Waals surface area contributed by atoms with Crippen molar-refractivity contribution >= 4 is 27.5 Å². The van der Waals surface area contributed by atoms with Gasteiger partial charge in [-0.05, 0) is 37.0 Å². The first-order valence-electron chi connectivity index (χ1n) is 5.77. The molecular weight excluding hydrogens is 287 g/mol. The van der Waals surface area contributed by atoms with Gasteiger partial charge in [-0.15, -0.1) is 11.6 Å². The molecule has 0 radical (unpaired) electrons. The normalized spacial score (nSPS) is 16.6. The molecule has 0 bridgehead atoms. The Kier molecular flexibility index (Phi) is 4.54. The summed E-state index contributed by atoms with van der Waals surface area (Å²) < 4.78 is 6.91. The Morgan fingerprint density at radius 1 is 1.31 bits per heavy atom. The Balaban J connectivity index is 1.97. The number of hydrogen-bond acceptors (Lipinski definition) is 1. The highest BCUT2D eigenvalue weighted by Gasteiger charge is 2.16. The zero-order chi connectivity index (χ0) is 11.4. The molecule has 0 aliphatic heterocycles. The summed E-state index contributed by atoms with van der Waals surface area (Å²) in [6, 6.07) is 6.02. The van der Waals surface area contributed by atoms with E-state index in [2.05, 4.69) is 15.9 Å². The van der Waals surface area contributed by atoms with Crippen molar-refractivity contribution < 1.29 is 4.74 Å². The monoisotopic (exact) mass is 302 g/mol. The molecule has 0 unspecified atom stereocenters. The zero-order valence-electron chi connectivity index (χ0n) is 9.22. The molecule has 0 atom stereocenters. The van der Waals surface area contributed by atoms with Crippen LogP contribution < -0.4 is 4.74 Å². The molecule has 3 heteroatoms. The number of ether oxygens (including phenoxy) is 1. The molecule has 1 aromatic rings. The smallest absolute Gasteiger partial charge is 0.123 e. The predicted molar refractivity (Wildman–Crippen MR) is 71.2 cm³/mol. The molecule has 0 aromatic heterocycles. The van der Waals surface area contributed by atoms with Gasteiger partial charge in [0.15, 0.2) is 0 Å². The Morgan fingerprint density at radius 3 is 2.75 bits per heavy atom. The van der Waals surface area contributed by atoms with E-state index in [1.54, 1.807) is 0 Å². The van der Waals surface area contributed by atoms with Crippen LogP contribution in [0.15, 0.2) is 22.7 Å². The van der Waals surface area contributed by atoms with E-state index in [0.717, 1.165) is 28.3 Å². The molecule has 1 fully saturated rings. The molecule has 1 saturated carbocycles. The van der Waals surface area contributed by atoms with Crippen molar-refractivity contribution in [2.24, 2.45) is 5.92 Å². The van der Waals surface area contributed by atoms with Crippen LogP contribution in [0.25, 0.3) is 0 Å². The van der Waals surface area contributed by atoms with E-state index in [0.29, 0.717) is 5.88 Å². The van der Waals surface area contributed by atoms with Gasteiger partial charge in [0.2, 0.25) is 0 Å².